The molecule has 3 aromatic heterocycles. The molecule has 0 radical (unpaired) electrons. The minimum atomic E-state index is 0.766. The standard InChI is InChI=1S/C13H17N5S/c1-4-10-11(8-17(3)16-10)14-7-12-9(2)15-13-18(12)5-6-19-13/h5-6,8,14H,4,7H2,1-3H3. The van der Waals surface area contributed by atoms with Crippen LogP contribution in [0.4, 0.5) is 5.69 Å². The topological polar surface area (TPSA) is 47.2 Å². The average molecular weight is 275 g/mol. The Balaban J connectivity index is 1.85. The van der Waals surface area contributed by atoms with Crippen molar-refractivity contribution in [3.8, 4) is 0 Å². The van der Waals surface area contributed by atoms with E-state index in [9.17, 15) is 0 Å². The van der Waals surface area contributed by atoms with Crippen molar-refractivity contribution >= 4 is 22.0 Å². The van der Waals surface area contributed by atoms with Crippen molar-refractivity contribution in [2.45, 2.75) is 26.8 Å². The van der Waals surface area contributed by atoms with Crippen molar-refractivity contribution in [1.82, 2.24) is 19.2 Å². The van der Waals surface area contributed by atoms with Gasteiger partial charge in [-0.25, -0.2) is 4.98 Å². The van der Waals surface area contributed by atoms with Crippen LogP contribution in [-0.2, 0) is 20.0 Å². The van der Waals surface area contributed by atoms with Crippen LogP contribution in [0.1, 0.15) is 24.0 Å². The highest BCUT2D eigenvalue weighted by molar-refractivity contribution is 7.15. The molecule has 0 aliphatic heterocycles. The van der Waals surface area contributed by atoms with E-state index >= 15 is 0 Å². The van der Waals surface area contributed by atoms with Gasteiger partial charge in [-0.05, 0) is 13.3 Å². The lowest BCUT2D eigenvalue weighted by Gasteiger charge is -2.05. The molecule has 5 nitrogen and oxygen atoms in total. The number of fused-ring (bicyclic) bond motifs is 1. The summed E-state index contributed by atoms with van der Waals surface area (Å²) >= 11 is 1.66. The molecule has 0 amide bonds. The van der Waals surface area contributed by atoms with Gasteiger partial charge in [0.25, 0.3) is 0 Å². The fraction of sp³-hybridized carbons (Fsp3) is 0.385. The Hall–Kier alpha value is -1.82. The number of nitrogens with one attached hydrogen (secondary N) is 1. The van der Waals surface area contributed by atoms with Crippen molar-refractivity contribution in [3.05, 3.63) is 34.9 Å². The monoisotopic (exact) mass is 275 g/mol. The number of hydrogen-bond donors (Lipinski definition) is 1. The Bertz CT molecular complexity index is 706. The largest absolute Gasteiger partial charge is 0.377 e. The van der Waals surface area contributed by atoms with Gasteiger partial charge in [0.2, 0.25) is 0 Å². The maximum Gasteiger partial charge on any atom is 0.194 e. The van der Waals surface area contributed by atoms with Crippen molar-refractivity contribution < 1.29 is 0 Å². The minimum Gasteiger partial charge on any atom is -0.377 e. The summed E-state index contributed by atoms with van der Waals surface area (Å²) in [5, 5.41) is 9.97. The molecule has 100 valence electrons. The summed E-state index contributed by atoms with van der Waals surface area (Å²) in [5.74, 6) is 0. The Morgan fingerprint density at radius 1 is 1.42 bits per heavy atom. The molecule has 3 rings (SSSR count). The summed E-state index contributed by atoms with van der Waals surface area (Å²) in [6.45, 7) is 4.94. The van der Waals surface area contributed by atoms with Gasteiger partial charge >= 0.3 is 0 Å². The minimum absolute atomic E-state index is 0.766. The number of aromatic nitrogens is 4. The van der Waals surface area contributed by atoms with Gasteiger partial charge in [-0.1, -0.05) is 6.92 Å². The molecule has 0 fully saturated rings. The molecular formula is C13H17N5S. The molecule has 1 N–H and O–H groups in total. The number of hydrogen-bond acceptors (Lipinski definition) is 4. The second-order valence-electron chi connectivity index (χ2n) is 4.57. The zero-order chi connectivity index (χ0) is 13.4. The quantitative estimate of drug-likeness (QED) is 0.796. The number of rotatable bonds is 4. The van der Waals surface area contributed by atoms with Gasteiger partial charge in [0, 0.05) is 24.8 Å². The van der Waals surface area contributed by atoms with Crippen LogP contribution in [0.2, 0.25) is 0 Å². The lowest BCUT2D eigenvalue weighted by atomic mass is 10.3. The molecule has 0 aromatic carbocycles. The zero-order valence-corrected chi connectivity index (χ0v) is 12.2. The smallest absolute Gasteiger partial charge is 0.194 e. The van der Waals surface area contributed by atoms with E-state index in [1.807, 2.05) is 17.9 Å². The van der Waals surface area contributed by atoms with Crippen LogP contribution in [0.15, 0.2) is 17.8 Å². The first kappa shape index (κ1) is 12.2. The van der Waals surface area contributed by atoms with Crippen LogP contribution < -0.4 is 5.32 Å². The summed E-state index contributed by atoms with van der Waals surface area (Å²) < 4.78 is 4.00. The molecule has 19 heavy (non-hydrogen) atoms. The SMILES string of the molecule is CCc1nn(C)cc1NCc1c(C)nc2sccn12. The van der Waals surface area contributed by atoms with Gasteiger partial charge < -0.3 is 5.32 Å². The lowest BCUT2D eigenvalue weighted by Crippen LogP contribution is -2.04. The van der Waals surface area contributed by atoms with E-state index in [2.05, 4.69) is 45.2 Å². The highest BCUT2D eigenvalue weighted by Crippen LogP contribution is 2.19. The molecule has 3 heterocycles. The summed E-state index contributed by atoms with van der Waals surface area (Å²) in [7, 11) is 1.95. The molecule has 6 heteroatoms. The molecule has 3 aromatic rings. The molecule has 0 atom stereocenters. The van der Waals surface area contributed by atoms with Crippen LogP contribution in [0, 0.1) is 6.92 Å². The predicted octanol–water partition coefficient (Wildman–Crippen LogP) is 2.61. The lowest BCUT2D eigenvalue weighted by molar-refractivity contribution is 0.746. The number of thiazole rings is 1. The molecule has 0 unspecified atom stereocenters. The Labute approximate surface area is 115 Å². The molecular weight excluding hydrogens is 258 g/mol. The van der Waals surface area contributed by atoms with Gasteiger partial charge in [0.05, 0.1) is 29.3 Å². The summed E-state index contributed by atoms with van der Waals surface area (Å²) in [6.07, 6.45) is 5.03. The van der Waals surface area contributed by atoms with Gasteiger partial charge in [-0.3, -0.25) is 9.08 Å². The van der Waals surface area contributed by atoms with Gasteiger partial charge in [-0.2, -0.15) is 5.10 Å². The molecule has 0 aliphatic carbocycles. The van der Waals surface area contributed by atoms with Crippen molar-refractivity contribution in [3.63, 3.8) is 0 Å². The fourth-order valence-corrected chi connectivity index (χ4v) is 3.05. The molecule has 0 bridgehead atoms. The first-order valence-electron chi connectivity index (χ1n) is 6.36. The molecule has 0 spiro atoms. The Morgan fingerprint density at radius 2 is 2.26 bits per heavy atom. The van der Waals surface area contributed by atoms with E-state index in [-0.39, 0.29) is 0 Å². The third-order valence-electron chi connectivity index (χ3n) is 3.25. The first-order valence-corrected chi connectivity index (χ1v) is 7.24. The van der Waals surface area contributed by atoms with Crippen LogP contribution >= 0.6 is 11.3 Å². The van der Waals surface area contributed by atoms with Crippen molar-refractivity contribution in [1.29, 1.82) is 0 Å². The maximum absolute atomic E-state index is 4.55. The van der Waals surface area contributed by atoms with Gasteiger partial charge in [0.1, 0.15) is 0 Å². The summed E-state index contributed by atoms with van der Waals surface area (Å²) in [5.41, 5.74) is 4.50. The molecule has 0 saturated heterocycles. The highest BCUT2D eigenvalue weighted by Gasteiger charge is 2.11. The molecule has 0 saturated carbocycles. The average Bonchev–Trinajstić information content (AvgIpc) is 3.02. The summed E-state index contributed by atoms with van der Waals surface area (Å²) in [4.78, 5) is 5.61. The highest BCUT2D eigenvalue weighted by atomic mass is 32.1. The van der Waals surface area contributed by atoms with Crippen LogP contribution in [-0.4, -0.2) is 19.2 Å². The van der Waals surface area contributed by atoms with E-state index in [0.717, 1.165) is 35.0 Å². The van der Waals surface area contributed by atoms with Crippen LogP contribution in [0.3, 0.4) is 0 Å². The van der Waals surface area contributed by atoms with Crippen molar-refractivity contribution in [2.24, 2.45) is 7.05 Å². The van der Waals surface area contributed by atoms with Crippen LogP contribution in [0.25, 0.3) is 4.96 Å². The maximum atomic E-state index is 4.55. The normalized spacial score (nSPS) is 11.3. The Kier molecular flexibility index (Phi) is 3.02. The number of nitrogens with zero attached hydrogens (tertiary/aromatic N) is 4. The third-order valence-corrected chi connectivity index (χ3v) is 4.00. The fourth-order valence-electron chi connectivity index (χ4n) is 2.28. The second kappa shape index (κ2) is 4.70. The molecule has 0 aliphatic rings. The van der Waals surface area contributed by atoms with E-state index in [4.69, 9.17) is 0 Å². The number of aryl methyl sites for hydroxylation is 3. The second-order valence-corrected chi connectivity index (χ2v) is 5.44. The zero-order valence-electron chi connectivity index (χ0n) is 11.3. The van der Waals surface area contributed by atoms with Crippen molar-refractivity contribution in [2.75, 3.05) is 5.32 Å². The summed E-state index contributed by atoms with van der Waals surface area (Å²) in [6, 6.07) is 0. The van der Waals surface area contributed by atoms with Gasteiger partial charge in [-0.15, -0.1) is 11.3 Å². The number of imidazole rings is 1. The predicted molar refractivity (Wildman–Crippen MR) is 77.7 cm³/mol. The van der Waals surface area contributed by atoms with Gasteiger partial charge in [0.15, 0.2) is 4.96 Å². The van der Waals surface area contributed by atoms with E-state index in [1.54, 1.807) is 11.3 Å². The number of anilines is 1. The van der Waals surface area contributed by atoms with E-state index < -0.39 is 0 Å². The third kappa shape index (κ3) is 2.12. The first-order chi connectivity index (χ1) is 9.19. The van der Waals surface area contributed by atoms with E-state index in [0.29, 0.717) is 0 Å². The van der Waals surface area contributed by atoms with E-state index in [1.165, 1.54) is 5.69 Å². The van der Waals surface area contributed by atoms with Crippen LogP contribution in [0.5, 0.6) is 0 Å². The Morgan fingerprint density at radius 3 is 3.05 bits per heavy atom.